The third kappa shape index (κ3) is 1.43. The van der Waals surface area contributed by atoms with Gasteiger partial charge in [-0.05, 0) is 17.6 Å². The van der Waals surface area contributed by atoms with Gasteiger partial charge in [-0.1, -0.05) is 6.07 Å². The van der Waals surface area contributed by atoms with E-state index in [2.05, 4.69) is 0 Å². The van der Waals surface area contributed by atoms with Gasteiger partial charge in [0, 0.05) is 25.3 Å². The number of hydrogen-bond acceptors (Lipinski definition) is 3. The molecule has 0 aromatic heterocycles. The highest BCUT2D eigenvalue weighted by atomic mass is 16.6. The number of anilines is 1. The van der Waals surface area contributed by atoms with Crippen LogP contribution < -0.4 is 10.4 Å². The molecule has 1 aromatic rings. The molecule has 1 unspecified atom stereocenters. The lowest BCUT2D eigenvalue weighted by Gasteiger charge is -2.13. The zero-order chi connectivity index (χ0) is 9.42. The molecule has 0 fully saturated rings. The van der Waals surface area contributed by atoms with Crippen molar-refractivity contribution in [3.63, 3.8) is 0 Å². The van der Waals surface area contributed by atoms with Crippen molar-refractivity contribution in [2.24, 2.45) is 0 Å². The van der Waals surface area contributed by atoms with Gasteiger partial charge in [0.25, 0.3) is 0 Å². The first kappa shape index (κ1) is 8.60. The summed E-state index contributed by atoms with van der Waals surface area (Å²) >= 11 is 0. The standard InChI is InChI=1S/C9H11BNO2/c1-11(2)6-3-4-7-8(5-6)10-13-9(7)12/h3-5,9,12H,1-2H3. The van der Waals surface area contributed by atoms with Crippen LogP contribution in [0.4, 0.5) is 5.69 Å². The summed E-state index contributed by atoms with van der Waals surface area (Å²) in [5.41, 5.74) is 2.90. The second-order valence-corrected chi connectivity index (χ2v) is 3.31. The quantitative estimate of drug-likeness (QED) is 0.612. The molecule has 0 bridgehead atoms. The van der Waals surface area contributed by atoms with Gasteiger partial charge in [0.2, 0.25) is 0 Å². The fourth-order valence-corrected chi connectivity index (χ4v) is 1.38. The Morgan fingerprint density at radius 1 is 1.46 bits per heavy atom. The molecule has 1 atom stereocenters. The van der Waals surface area contributed by atoms with Crippen LogP contribution in [-0.2, 0) is 4.65 Å². The maximum atomic E-state index is 9.34. The SMILES string of the molecule is CN(C)c1ccc2c(c1)[B]OC2O. The molecule has 0 saturated carbocycles. The van der Waals surface area contributed by atoms with Crippen molar-refractivity contribution < 1.29 is 9.76 Å². The Labute approximate surface area is 78.2 Å². The zero-order valence-corrected chi connectivity index (χ0v) is 7.69. The first-order valence-corrected chi connectivity index (χ1v) is 4.16. The first-order chi connectivity index (χ1) is 6.18. The van der Waals surface area contributed by atoms with E-state index < -0.39 is 6.29 Å². The van der Waals surface area contributed by atoms with Crippen LogP contribution in [0, 0.1) is 0 Å². The maximum absolute atomic E-state index is 9.34. The number of aliphatic hydroxyl groups excluding tert-OH is 1. The molecule has 0 spiro atoms. The number of fused-ring (bicyclic) bond motifs is 1. The van der Waals surface area contributed by atoms with Crippen LogP contribution in [0.25, 0.3) is 0 Å². The molecule has 0 aliphatic carbocycles. The first-order valence-electron chi connectivity index (χ1n) is 4.16. The van der Waals surface area contributed by atoms with E-state index in [0.29, 0.717) is 0 Å². The molecule has 4 heteroatoms. The van der Waals surface area contributed by atoms with E-state index in [1.54, 1.807) is 7.48 Å². The average Bonchev–Trinajstić information content (AvgIpc) is 2.47. The molecule has 1 N–H and O–H groups in total. The summed E-state index contributed by atoms with van der Waals surface area (Å²) in [6, 6.07) is 5.84. The fourth-order valence-electron chi connectivity index (χ4n) is 1.38. The van der Waals surface area contributed by atoms with Crippen LogP contribution in [-0.4, -0.2) is 26.7 Å². The van der Waals surface area contributed by atoms with Gasteiger partial charge in [0.05, 0.1) is 0 Å². The summed E-state index contributed by atoms with van der Waals surface area (Å²) in [5.74, 6) is 0. The summed E-state index contributed by atoms with van der Waals surface area (Å²) in [7, 11) is 5.55. The van der Waals surface area contributed by atoms with E-state index in [0.717, 1.165) is 16.7 Å². The third-order valence-corrected chi connectivity index (χ3v) is 2.18. The highest BCUT2D eigenvalue weighted by Crippen LogP contribution is 2.20. The highest BCUT2D eigenvalue weighted by Gasteiger charge is 2.22. The van der Waals surface area contributed by atoms with Gasteiger partial charge >= 0.3 is 7.48 Å². The molecule has 3 nitrogen and oxygen atoms in total. The Bertz CT molecular complexity index is 327. The van der Waals surface area contributed by atoms with Gasteiger partial charge in [-0.2, -0.15) is 0 Å². The largest absolute Gasteiger partial charge is 0.407 e. The summed E-state index contributed by atoms with van der Waals surface area (Å²) < 4.78 is 4.97. The Kier molecular flexibility index (Phi) is 2.02. The van der Waals surface area contributed by atoms with Gasteiger partial charge in [0.1, 0.15) is 0 Å². The molecule has 13 heavy (non-hydrogen) atoms. The molecule has 1 aromatic carbocycles. The normalized spacial score (nSPS) is 19.5. The predicted molar refractivity (Wildman–Crippen MR) is 52.2 cm³/mol. The minimum atomic E-state index is -0.786. The van der Waals surface area contributed by atoms with Gasteiger partial charge in [-0.25, -0.2) is 0 Å². The van der Waals surface area contributed by atoms with Gasteiger partial charge in [-0.15, -0.1) is 0 Å². The van der Waals surface area contributed by atoms with Crippen molar-refractivity contribution in [2.75, 3.05) is 19.0 Å². The Morgan fingerprint density at radius 2 is 2.23 bits per heavy atom. The van der Waals surface area contributed by atoms with Crippen LogP contribution in [0.3, 0.4) is 0 Å². The molecular formula is C9H11BNO2. The van der Waals surface area contributed by atoms with Crippen molar-refractivity contribution in [2.45, 2.75) is 6.29 Å². The predicted octanol–water partition coefficient (Wildman–Crippen LogP) is 0.0182. The van der Waals surface area contributed by atoms with Crippen LogP contribution >= 0.6 is 0 Å². The van der Waals surface area contributed by atoms with Gasteiger partial charge < -0.3 is 14.7 Å². The molecule has 1 aliphatic heterocycles. The molecule has 1 heterocycles. The summed E-state index contributed by atoms with van der Waals surface area (Å²) in [6.07, 6.45) is -0.786. The van der Waals surface area contributed by atoms with E-state index in [1.165, 1.54) is 0 Å². The fraction of sp³-hybridized carbons (Fsp3) is 0.333. The summed E-state index contributed by atoms with van der Waals surface area (Å²) in [4.78, 5) is 2.01. The van der Waals surface area contributed by atoms with Crippen molar-refractivity contribution >= 4 is 18.6 Å². The molecule has 0 amide bonds. The van der Waals surface area contributed by atoms with Crippen LogP contribution in [0.15, 0.2) is 18.2 Å². The van der Waals surface area contributed by atoms with E-state index in [1.807, 2.05) is 37.2 Å². The maximum Gasteiger partial charge on any atom is 0.334 e. The molecule has 1 aliphatic rings. The Hall–Kier alpha value is -0.995. The van der Waals surface area contributed by atoms with Crippen molar-refractivity contribution in [3.05, 3.63) is 23.8 Å². The number of nitrogens with zero attached hydrogens (tertiary/aromatic N) is 1. The monoisotopic (exact) mass is 176 g/mol. The molecule has 67 valence electrons. The van der Waals surface area contributed by atoms with Crippen LogP contribution in [0.2, 0.25) is 0 Å². The minimum Gasteiger partial charge on any atom is -0.407 e. The lowest BCUT2D eigenvalue weighted by molar-refractivity contribution is -0.00793. The van der Waals surface area contributed by atoms with Crippen LogP contribution in [0.1, 0.15) is 11.9 Å². The Morgan fingerprint density at radius 3 is 2.92 bits per heavy atom. The van der Waals surface area contributed by atoms with E-state index in [-0.39, 0.29) is 0 Å². The van der Waals surface area contributed by atoms with E-state index in [4.69, 9.17) is 4.65 Å². The minimum absolute atomic E-state index is 0.786. The van der Waals surface area contributed by atoms with Gasteiger partial charge in [0.15, 0.2) is 6.29 Å². The zero-order valence-electron chi connectivity index (χ0n) is 7.69. The molecule has 1 radical (unpaired) electrons. The Balaban J connectivity index is 2.40. The smallest absolute Gasteiger partial charge is 0.334 e. The van der Waals surface area contributed by atoms with E-state index >= 15 is 0 Å². The van der Waals surface area contributed by atoms with Crippen molar-refractivity contribution in [3.8, 4) is 0 Å². The lowest BCUT2D eigenvalue weighted by atomic mass is 9.87. The molecule has 0 saturated heterocycles. The lowest BCUT2D eigenvalue weighted by Crippen LogP contribution is -2.16. The van der Waals surface area contributed by atoms with Crippen molar-refractivity contribution in [1.29, 1.82) is 0 Å². The van der Waals surface area contributed by atoms with Gasteiger partial charge in [-0.3, -0.25) is 0 Å². The summed E-state index contributed by atoms with van der Waals surface area (Å²) in [5, 5.41) is 9.34. The number of hydrogen-bond donors (Lipinski definition) is 1. The van der Waals surface area contributed by atoms with E-state index in [9.17, 15) is 5.11 Å². The summed E-state index contributed by atoms with van der Waals surface area (Å²) in [6.45, 7) is 0. The van der Waals surface area contributed by atoms with Crippen molar-refractivity contribution in [1.82, 2.24) is 0 Å². The topological polar surface area (TPSA) is 32.7 Å². The second kappa shape index (κ2) is 3.05. The molecular weight excluding hydrogens is 165 g/mol. The third-order valence-electron chi connectivity index (χ3n) is 2.18. The van der Waals surface area contributed by atoms with Crippen LogP contribution in [0.5, 0.6) is 0 Å². The molecule has 2 rings (SSSR count). The average molecular weight is 176 g/mol. The second-order valence-electron chi connectivity index (χ2n) is 3.31. The highest BCUT2D eigenvalue weighted by molar-refractivity contribution is 6.49. The number of benzene rings is 1. The number of rotatable bonds is 1. The number of aliphatic hydroxyl groups is 1.